The van der Waals surface area contributed by atoms with Gasteiger partial charge < -0.3 is 15.4 Å². The molecule has 2 aromatic rings. The summed E-state index contributed by atoms with van der Waals surface area (Å²) in [5.41, 5.74) is 7.46. The van der Waals surface area contributed by atoms with Gasteiger partial charge in [-0.15, -0.1) is 0 Å². The number of amides is 1. The molecule has 1 amide bonds. The Morgan fingerprint density at radius 1 is 1.30 bits per heavy atom. The zero-order chi connectivity index (χ0) is 14.5. The third kappa shape index (κ3) is 2.71. The predicted octanol–water partition coefficient (Wildman–Crippen LogP) is 2.34. The number of anilines is 2. The zero-order valence-electron chi connectivity index (χ0n) is 11.5. The van der Waals surface area contributed by atoms with Gasteiger partial charge in [0.05, 0.1) is 6.61 Å². The molecule has 0 fully saturated rings. The second-order valence-corrected chi connectivity index (χ2v) is 4.22. The van der Waals surface area contributed by atoms with Gasteiger partial charge in [-0.1, -0.05) is 6.07 Å². The lowest BCUT2D eigenvalue weighted by atomic mass is 10.1. The van der Waals surface area contributed by atoms with Crippen molar-refractivity contribution >= 4 is 17.3 Å². The largest absolute Gasteiger partial charge is 0.493 e. The second-order valence-electron chi connectivity index (χ2n) is 4.22. The second kappa shape index (κ2) is 6.06. The first-order valence-electron chi connectivity index (χ1n) is 6.34. The van der Waals surface area contributed by atoms with Crippen LogP contribution in [-0.2, 0) is 0 Å². The molecule has 5 heteroatoms. The number of ether oxygens (including phenoxy) is 1. The minimum Gasteiger partial charge on any atom is -0.493 e. The number of rotatable bonds is 4. The number of carbonyl (C=O) groups is 1. The van der Waals surface area contributed by atoms with Gasteiger partial charge in [0.1, 0.15) is 11.3 Å². The summed E-state index contributed by atoms with van der Waals surface area (Å²) in [7, 11) is 1.69. The minimum atomic E-state index is -0.210. The van der Waals surface area contributed by atoms with Crippen LogP contribution in [0.3, 0.4) is 0 Å². The molecule has 2 N–H and O–H groups in total. The summed E-state index contributed by atoms with van der Waals surface area (Å²) >= 11 is 0. The molecule has 104 valence electrons. The molecule has 1 aromatic carbocycles. The van der Waals surface area contributed by atoms with E-state index in [1.54, 1.807) is 49.8 Å². The van der Waals surface area contributed by atoms with Crippen molar-refractivity contribution in [3.8, 4) is 5.75 Å². The Morgan fingerprint density at radius 2 is 2.00 bits per heavy atom. The highest BCUT2D eigenvalue weighted by atomic mass is 16.5. The average Bonchev–Trinajstić information content (AvgIpc) is 2.47. The lowest BCUT2D eigenvalue weighted by Crippen LogP contribution is -2.27. The Morgan fingerprint density at radius 3 is 2.65 bits per heavy atom. The number of pyridine rings is 1. The van der Waals surface area contributed by atoms with Gasteiger partial charge in [-0.2, -0.15) is 0 Å². The summed E-state index contributed by atoms with van der Waals surface area (Å²) in [4.78, 5) is 18.1. The van der Waals surface area contributed by atoms with Crippen LogP contribution in [0.25, 0.3) is 0 Å². The van der Waals surface area contributed by atoms with Gasteiger partial charge >= 0.3 is 0 Å². The Bertz CT molecular complexity index is 599. The molecule has 0 bridgehead atoms. The maximum atomic E-state index is 12.6. The van der Waals surface area contributed by atoms with Crippen LogP contribution in [0.15, 0.2) is 42.7 Å². The predicted molar refractivity (Wildman–Crippen MR) is 79.0 cm³/mol. The van der Waals surface area contributed by atoms with Crippen molar-refractivity contribution in [3.63, 3.8) is 0 Å². The fraction of sp³-hybridized carbons (Fsp3) is 0.200. The molecule has 20 heavy (non-hydrogen) atoms. The third-order valence-corrected chi connectivity index (χ3v) is 2.93. The van der Waals surface area contributed by atoms with Crippen LogP contribution in [0.5, 0.6) is 5.75 Å². The van der Waals surface area contributed by atoms with Crippen molar-refractivity contribution in [1.29, 1.82) is 0 Å². The van der Waals surface area contributed by atoms with Crippen LogP contribution in [0.1, 0.15) is 17.3 Å². The van der Waals surface area contributed by atoms with E-state index in [1.807, 2.05) is 6.92 Å². The lowest BCUT2D eigenvalue weighted by Gasteiger charge is -2.20. The van der Waals surface area contributed by atoms with Gasteiger partial charge in [-0.05, 0) is 31.2 Å². The number of hydrogen-bond acceptors (Lipinski definition) is 4. The summed E-state index contributed by atoms with van der Waals surface area (Å²) in [5, 5.41) is 0. The molecule has 1 aromatic heterocycles. The minimum absolute atomic E-state index is 0.210. The van der Waals surface area contributed by atoms with E-state index in [9.17, 15) is 4.79 Å². The number of carbonyl (C=O) groups excluding carboxylic acids is 1. The van der Waals surface area contributed by atoms with Gasteiger partial charge in [0.25, 0.3) is 5.91 Å². The van der Waals surface area contributed by atoms with E-state index in [-0.39, 0.29) is 5.91 Å². The van der Waals surface area contributed by atoms with E-state index < -0.39 is 0 Å². The van der Waals surface area contributed by atoms with Gasteiger partial charge in [-0.25, -0.2) is 0 Å². The van der Waals surface area contributed by atoms with E-state index in [0.717, 1.165) is 5.69 Å². The highest BCUT2D eigenvalue weighted by Crippen LogP contribution is 2.27. The third-order valence-electron chi connectivity index (χ3n) is 2.93. The monoisotopic (exact) mass is 271 g/mol. The maximum absolute atomic E-state index is 12.6. The molecule has 0 saturated heterocycles. The molecule has 2 rings (SSSR count). The van der Waals surface area contributed by atoms with Crippen molar-refractivity contribution in [2.45, 2.75) is 6.92 Å². The highest BCUT2D eigenvalue weighted by Gasteiger charge is 2.20. The Hall–Kier alpha value is -2.56. The SMILES string of the molecule is CCOc1cccc(N)c1C(=O)N(C)c1ccncc1. The lowest BCUT2D eigenvalue weighted by molar-refractivity contribution is 0.0990. The first-order valence-corrected chi connectivity index (χ1v) is 6.34. The molecule has 0 spiro atoms. The van der Waals surface area contributed by atoms with Crippen molar-refractivity contribution in [1.82, 2.24) is 4.98 Å². The van der Waals surface area contributed by atoms with Gasteiger partial charge in [0.15, 0.2) is 0 Å². The van der Waals surface area contributed by atoms with Crippen LogP contribution in [-0.4, -0.2) is 24.5 Å². The quantitative estimate of drug-likeness (QED) is 0.867. The van der Waals surface area contributed by atoms with Crippen molar-refractivity contribution in [2.24, 2.45) is 0 Å². The molecule has 0 aliphatic carbocycles. The molecule has 0 saturated carbocycles. The number of aromatic nitrogens is 1. The van der Waals surface area contributed by atoms with Crippen molar-refractivity contribution in [2.75, 3.05) is 24.3 Å². The van der Waals surface area contributed by atoms with Gasteiger partial charge in [0, 0.05) is 30.8 Å². The van der Waals surface area contributed by atoms with Gasteiger partial charge in [-0.3, -0.25) is 9.78 Å². The maximum Gasteiger partial charge on any atom is 0.263 e. The van der Waals surface area contributed by atoms with E-state index >= 15 is 0 Å². The zero-order valence-corrected chi connectivity index (χ0v) is 11.5. The molecular formula is C15H17N3O2. The number of hydrogen-bond donors (Lipinski definition) is 1. The van der Waals surface area contributed by atoms with E-state index in [1.165, 1.54) is 4.90 Å². The Kier molecular flexibility index (Phi) is 4.20. The van der Waals surface area contributed by atoms with Crippen molar-refractivity contribution in [3.05, 3.63) is 48.3 Å². The van der Waals surface area contributed by atoms with Crippen LogP contribution in [0, 0.1) is 0 Å². The van der Waals surface area contributed by atoms with Crippen LogP contribution in [0.2, 0.25) is 0 Å². The van der Waals surface area contributed by atoms with E-state index in [0.29, 0.717) is 23.6 Å². The van der Waals surface area contributed by atoms with Crippen LogP contribution < -0.4 is 15.4 Å². The van der Waals surface area contributed by atoms with E-state index in [4.69, 9.17) is 10.5 Å². The first kappa shape index (κ1) is 13.9. The normalized spacial score (nSPS) is 10.1. The number of nitrogen functional groups attached to an aromatic ring is 1. The number of nitrogens with zero attached hydrogens (tertiary/aromatic N) is 2. The molecule has 5 nitrogen and oxygen atoms in total. The molecular weight excluding hydrogens is 254 g/mol. The first-order chi connectivity index (χ1) is 9.65. The smallest absolute Gasteiger partial charge is 0.263 e. The Balaban J connectivity index is 2.38. The Labute approximate surface area is 118 Å². The van der Waals surface area contributed by atoms with Crippen LogP contribution in [0.4, 0.5) is 11.4 Å². The summed E-state index contributed by atoms with van der Waals surface area (Å²) < 4.78 is 5.49. The number of nitrogens with two attached hydrogens (primary N) is 1. The van der Waals surface area contributed by atoms with E-state index in [2.05, 4.69) is 4.98 Å². The topological polar surface area (TPSA) is 68.5 Å². The fourth-order valence-electron chi connectivity index (χ4n) is 1.91. The van der Waals surface area contributed by atoms with Crippen molar-refractivity contribution < 1.29 is 9.53 Å². The van der Waals surface area contributed by atoms with Crippen LogP contribution >= 0.6 is 0 Å². The molecule has 0 atom stereocenters. The highest BCUT2D eigenvalue weighted by molar-refractivity contribution is 6.10. The molecule has 0 unspecified atom stereocenters. The summed E-state index contributed by atoms with van der Waals surface area (Å²) in [5.74, 6) is 0.288. The van der Waals surface area contributed by atoms with Gasteiger partial charge in [0.2, 0.25) is 0 Å². The number of benzene rings is 1. The molecule has 0 radical (unpaired) electrons. The molecule has 1 heterocycles. The molecule has 0 aliphatic rings. The standard InChI is InChI=1S/C15H17N3O2/c1-3-20-13-6-4-5-12(16)14(13)15(19)18(2)11-7-9-17-10-8-11/h4-10H,3,16H2,1-2H3. The summed E-state index contributed by atoms with van der Waals surface area (Å²) in [6.45, 7) is 2.34. The molecule has 0 aliphatic heterocycles. The fourth-order valence-corrected chi connectivity index (χ4v) is 1.91. The summed E-state index contributed by atoms with van der Waals surface area (Å²) in [6, 6.07) is 8.72. The summed E-state index contributed by atoms with van der Waals surface area (Å²) in [6.07, 6.45) is 3.27. The average molecular weight is 271 g/mol.